The summed E-state index contributed by atoms with van der Waals surface area (Å²) in [5, 5.41) is 0. The van der Waals surface area contributed by atoms with E-state index in [1.54, 1.807) is 0 Å². The summed E-state index contributed by atoms with van der Waals surface area (Å²) >= 11 is 8.40. The van der Waals surface area contributed by atoms with E-state index in [-0.39, 0.29) is 17.2 Å². The molecule has 0 aromatic rings. The van der Waals surface area contributed by atoms with E-state index in [9.17, 15) is 0 Å². The van der Waals surface area contributed by atoms with E-state index in [0.29, 0.717) is 0 Å². The highest BCUT2D eigenvalue weighted by Crippen LogP contribution is 2.02. The van der Waals surface area contributed by atoms with Crippen LogP contribution in [0.5, 0.6) is 0 Å². The molecule has 1 heterocycles. The first-order chi connectivity index (χ1) is 3.30. The van der Waals surface area contributed by atoms with Gasteiger partial charge in [-0.05, 0) is 8.67 Å². The van der Waals surface area contributed by atoms with Crippen molar-refractivity contribution in [2.24, 2.45) is 0 Å². The summed E-state index contributed by atoms with van der Waals surface area (Å²) in [7, 11) is 0.154. The lowest BCUT2D eigenvalue weighted by molar-refractivity contribution is 0.805. The number of rotatable bonds is 0. The topological polar surface area (TPSA) is 24.1 Å². The third-order valence-corrected chi connectivity index (χ3v) is 7.99. The third-order valence-electron chi connectivity index (χ3n) is 0.537. The number of nitrogens with one attached hydrogen (secondary N) is 2. The van der Waals surface area contributed by atoms with Gasteiger partial charge in [-0.3, -0.25) is 0 Å². The zero-order chi connectivity index (χ0) is 5.28. The van der Waals surface area contributed by atoms with Crippen LogP contribution in [-0.4, -0.2) is 5.88 Å². The van der Waals surface area contributed by atoms with Crippen LogP contribution in [0, 0.1) is 0 Å². The summed E-state index contributed by atoms with van der Waals surface area (Å²) in [6.45, 7) is 0. The molecular weight excluding hydrogens is 168 g/mol. The summed E-state index contributed by atoms with van der Waals surface area (Å²) in [5.41, 5.74) is 2.94. The highest BCUT2D eigenvalue weighted by molar-refractivity contribution is 8.96. The molecule has 0 amide bonds. The standard InChI is InChI=1S/CH6N2S4/c4-6-1-2-3-7(6)5/h2-5H,1H2. The van der Waals surface area contributed by atoms with E-state index >= 15 is 0 Å². The highest BCUT2D eigenvalue weighted by atomic mass is 33.5. The molecule has 0 saturated heterocycles. The van der Waals surface area contributed by atoms with Gasteiger partial charge in [-0.25, -0.2) is 5.43 Å². The van der Waals surface area contributed by atoms with Crippen molar-refractivity contribution in [3.8, 4) is 0 Å². The zero-order valence-corrected chi connectivity index (χ0v) is 6.84. The minimum atomic E-state index is 0.00772. The molecule has 0 fully saturated rings. The van der Waals surface area contributed by atoms with E-state index in [2.05, 4.69) is 33.6 Å². The van der Waals surface area contributed by atoms with Crippen molar-refractivity contribution in [1.82, 2.24) is 10.3 Å². The molecule has 0 saturated carbocycles. The summed E-state index contributed by atoms with van der Waals surface area (Å²) in [6, 6.07) is 0. The Balaban J connectivity index is 2.64. The second-order valence-corrected chi connectivity index (χ2v) is 8.74. The molecule has 44 valence electrons. The van der Waals surface area contributed by atoms with Crippen LogP contribution in [0.2, 0.25) is 0 Å². The SMILES string of the molecule is SS1=S(S)NNC1. The molecule has 0 radical (unpaired) electrons. The molecule has 0 aliphatic carbocycles. The van der Waals surface area contributed by atoms with E-state index in [0.717, 1.165) is 5.88 Å². The molecule has 7 heavy (non-hydrogen) atoms. The van der Waals surface area contributed by atoms with Crippen molar-refractivity contribution in [2.45, 2.75) is 0 Å². The van der Waals surface area contributed by atoms with Crippen LogP contribution in [0.1, 0.15) is 0 Å². The molecule has 2 atom stereocenters. The molecule has 0 bridgehead atoms. The molecular formula is CH6N2S4. The zero-order valence-electron chi connectivity index (χ0n) is 3.42. The van der Waals surface area contributed by atoms with Crippen LogP contribution >= 0.6 is 23.3 Å². The molecule has 0 spiro atoms. The van der Waals surface area contributed by atoms with Crippen LogP contribution in [-0.2, 0) is 17.2 Å². The highest BCUT2D eigenvalue weighted by Gasteiger charge is 2.01. The van der Waals surface area contributed by atoms with Crippen molar-refractivity contribution in [3.05, 3.63) is 0 Å². The van der Waals surface area contributed by atoms with Gasteiger partial charge in [0.2, 0.25) is 0 Å². The normalized spacial score (nSPS) is 42.0. The fraction of sp³-hybridized carbons (Fsp3) is 1.00. The van der Waals surface area contributed by atoms with Gasteiger partial charge in [0.05, 0.1) is 5.88 Å². The van der Waals surface area contributed by atoms with Gasteiger partial charge in [-0.2, -0.15) is 4.83 Å². The van der Waals surface area contributed by atoms with E-state index in [1.807, 2.05) is 0 Å². The van der Waals surface area contributed by atoms with Crippen molar-refractivity contribution in [2.75, 3.05) is 5.88 Å². The van der Waals surface area contributed by atoms with E-state index in [4.69, 9.17) is 0 Å². The van der Waals surface area contributed by atoms with E-state index in [1.165, 1.54) is 0 Å². The van der Waals surface area contributed by atoms with Crippen LogP contribution in [0.25, 0.3) is 0 Å². The molecule has 1 rings (SSSR count). The first-order valence-electron chi connectivity index (χ1n) is 1.63. The molecule has 2 nitrogen and oxygen atoms in total. The van der Waals surface area contributed by atoms with Gasteiger partial charge >= 0.3 is 0 Å². The maximum Gasteiger partial charge on any atom is 0.0679 e. The number of hydrogen-bond acceptors (Lipinski definition) is 2. The predicted octanol–water partition coefficient (Wildman–Crippen LogP) is -0.192. The number of hydrazine groups is 1. The molecule has 1 aliphatic heterocycles. The molecule has 6 heteroatoms. The maximum atomic E-state index is 4.23. The maximum absolute atomic E-state index is 4.23. The second kappa shape index (κ2) is 2.75. The lowest BCUT2D eigenvalue weighted by Gasteiger charge is -1.89. The largest absolute Gasteiger partial charge is 0.236 e. The Kier molecular flexibility index (Phi) is 2.53. The van der Waals surface area contributed by atoms with Crippen LogP contribution in [0.3, 0.4) is 0 Å². The van der Waals surface area contributed by atoms with Gasteiger partial charge in [0, 0.05) is 0 Å². The predicted molar refractivity (Wildman–Crippen MR) is 43.8 cm³/mol. The molecule has 0 aromatic carbocycles. The molecule has 0 aromatic heterocycles. The monoisotopic (exact) mass is 174 g/mol. The van der Waals surface area contributed by atoms with Crippen molar-refractivity contribution in [3.63, 3.8) is 0 Å². The van der Waals surface area contributed by atoms with E-state index < -0.39 is 0 Å². The summed E-state index contributed by atoms with van der Waals surface area (Å²) in [5.74, 6) is 0.940. The molecule has 2 N–H and O–H groups in total. The number of hydrogen-bond donors (Lipinski definition) is 4. The van der Waals surface area contributed by atoms with Crippen LogP contribution < -0.4 is 10.3 Å². The smallest absolute Gasteiger partial charge is 0.0679 e. The Labute approximate surface area is 56.7 Å². The average Bonchev–Trinajstić information content (AvgIpc) is 1.91. The Morgan fingerprint density at radius 3 is 2.29 bits per heavy atom. The Hall–Kier alpha value is 1.32. The van der Waals surface area contributed by atoms with Gasteiger partial charge in [0.1, 0.15) is 0 Å². The minimum Gasteiger partial charge on any atom is -0.236 e. The van der Waals surface area contributed by atoms with Gasteiger partial charge in [0.15, 0.2) is 0 Å². The second-order valence-electron chi connectivity index (χ2n) is 0.994. The quantitative estimate of drug-likeness (QED) is 0.302. The fourth-order valence-corrected chi connectivity index (χ4v) is 3.12. The molecule has 1 aliphatic rings. The Morgan fingerprint density at radius 1 is 1.43 bits per heavy atom. The van der Waals surface area contributed by atoms with Crippen molar-refractivity contribution >= 4 is 40.5 Å². The molecule has 2 unspecified atom stereocenters. The van der Waals surface area contributed by atoms with Gasteiger partial charge in [-0.15, -0.1) is 11.7 Å². The van der Waals surface area contributed by atoms with Crippen molar-refractivity contribution < 1.29 is 0 Å². The summed E-state index contributed by atoms with van der Waals surface area (Å²) in [4.78, 5) is 2.95. The lowest BCUT2D eigenvalue weighted by atomic mass is 11.5. The van der Waals surface area contributed by atoms with Gasteiger partial charge in [-0.1, -0.05) is 20.1 Å². The minimum absolute atomic E-state index is 0.00772. The fourth-order valence-electron chi connectivity index (χ4n) is 0.257. The van der Waals surface area contributed by atoms with Gasteiger partial charge < -0.3 is 0 Å². The first kappa shape index (κ1) is 6.44. The van der Waals surface area contributed by atoms with Crippen LogP contribution in [0.15, 0.2) is 0 Å². The summed E-state index contributed by atoms with van der Waals surface area (Å²) < 4.78 is 0. The van der Waals surface area contributed by atoms with Crippen LogP contribution in [0.4, 0.5) is 0 Å². The third kappa shape index (κ3) is 1.62. The average molecular weight is 174 g/mol. The summed E-state index contributed by atoms with van der Waals surface area (Å²) in [6.07, 6.45) is 0. The first-order valence-corrected chi connectivity index (χ1v) is 6.87. The lowest BCUT2D eigenvalue weighted by Crippen LogP contribution is -2.23. The van der Waals surface area contributed by atoms with Gasteiger partial charge in [0.25, 0.3) is 0 Å². The Bertz CT molecular complexity index is 96.3. The Morgan fingerprint density at radius 2 is 2.14 bits per heavy atom. The van der Waals surface area contributed by atoms with Crippen molar-refractivity contribution in [1.29, 1.82) is 0 Å². The number of thiol groups is 2.